The van der Waals surface area contributed by atoms with Gasteiger partial charge in [-0.25, -0.2) is 0 Å². The molecule has 1 aromatic rings. The lowest BCUT2D eigenvalue weighted by Crippen LogP contribution is -2.23. The van der Waals surface area contributed by atoms with Gasteiger partial charge < -0.3 is 4.74 Å². The summed E-state index contributed by atoms with van der Waals surface area (Å²) < 4.78 is 29.8. The highest BCUT2D eigenvalue weighted by atomic mass is 19.3. The molecule has 3 rings (SSSR count). The predicted molar refractivity (Wildman–Crippen MR) is 84.3 cm³/mol. The van der Waals surface area contributed by atoms with Gasteiger partial charge in [0.25, 0.3) is 0 Å². The second-order valence-corrected chi connectivity index (χ2v) is 6.93. The highest BCUT2D eigenvalue weighted by Gasteiger charge is 2.30. The van der Waals surface area contributed by atoms with Crippen molar-refractivity contribution in [1.29, 1.82) is 0 Å². The van der Waals surface area contributed by atoms with E-state index in [2.05, 4.69) is 0 Å². The fourth-order valence-electron chi connectivity index (χ4n) is 4.53. The monoisotopic (exact) mass is 308 g/mol. The Hall–Kier alpha value is -1.12. The first-order valence-electron chi connectivity index (χ1n) is 8.78. The minimum absolute atomic E-state index is 0.374. The summed E-state index contributed by atoms with van der Waals surface area (Å²) in [5, 5.41) is 0. The van der Waals surface area contributed by atoms with E-state index in [1.807, 2.05) is 12.1 Å². The summed E-state index contributed by atoms with van der Waals surface area (Å²) in [6.07, 6.45) is 11.7. The lowest BCUT2D eigenvalue weighted by molar-refractivity contribution is -0.0507. The van der Waals surface area contributed by atoms with E-state index in [4.69, 9.17) is 4.74 Å². The van der Waals surface area contributed by atoms with Crippen LogP contribution in [0.1, 0.15) is 69.3 Å². The Morgan fingerprint density at radius 1 is 0.818 bits per heavy atom. The zero-order chi connectivity index (χ0) is 15.4. The summed E-state index contributed by atoms with van der Waals surface area (Å²) in [7, 11) is 0. The summed E-state index contributed by atoms with van der Waals surface area (Å²) in [4.78, 5) is 0. The van der Waals surface area contributed by atoms with E-state index >= 15 is 0 Å². The molecule has 0 atom stereocenters. The first kappa shape index (κ1) is 15.8. The molecule has 0 radical (unpaired) electrons. The Kier molecular flexibility index (Phi) is 5.32. The van der Waals surface area contributed by atoms with Crippen LogP contribution in [0.4, 0.5) is 8.78 Å². The third-order valence-electron chi connectivity index (χ3n) is 5.66. The smallest absolute Gasteiger partial charge is 0.387 e. The van der Waals surface area contributed by atoms with E-state index in [-0.39, 0.29) is 0 Å². The maximum Gasteiger partial charge on any atom is 0.387 e. The molecular weight excluding hydrogens is 282 g/mol. The maximum atomic E-state index is 12.6. The van der Waals surface area contributed by atoms with Gasteiger partial charge in [-0.1, -0.05) is 50.3 Å². The molecule has 2 saturated carbocycles. The van der Waals surface area contributed by atoms with Crippen molar-refractivity contribution in [2.75, 3.05) is 0 Å². The summed E-state index contributed by atoms with van der Waals surface area (Å²) in [5.41, 5.74) is 0.977. The molecule has 2 aliphatic rings. The number of benzene rings is 1. The van der Waals surface area contributed by atoms with E-state index in [1.165, 1.54) is 44.9 Å². The van der Waals surface area contributed by atoms with Crippen molar-refractivity contribution in [3.63, 3.8) is 0 Å². The Morgan fingerprint density at radius 3 is 2.14 bits per heavy atom. The maximum absolute atomic E-state index is 12.6. The molecule has 0 saturated heterocycles. The Bertz CT molecular complexity index is 460. The van der Waals surface area contributed by atoms with Crippen LogP contribution >= 0.6 is 0 Å². The van der Waals surface area contributed by atoms with Crippen molar-refractivity contribution in [2.24, 2.45) is 11.8 Å². The Balaban J connectivity index is 1.61. The number of halogens is 2. The fourth-order valence-corrected chi connectivity index (χ4v) is 4.53. The molecule has 22 heavy (non-hydrogen) atoms. The molecule has 0 aromatic heterocycles. The van der Waals surface area contributed by atoms with Crippen LogP contribution in [0.15, 0.2) is 24.3 Å². The lowest BCUT2D eigenvalue weighted by atomic mass is 9.70. The third kappa shape index (κ3) is 3.80. The van der Waals surface area contributed by atoms with Crippen LogP contribution < -0.4 is 4.74 Å². The molecule has 0 bridgehead atoms. The molecule has 0 spiro atoms. The minimum atomic E-state index is -2.74. The van der Waals surface area contributed by atoms with Crippen LogP contribution in [0.25, 0.3) is 0 Å². The molecule has 0 amide bonds. The van der Waals surface area contributed by atoms with Crippen LogP contribution in [0.3, 0.4) is 0 Å². The van der Waals surface area contributed by atoms with E-state index in [0.29, 0.717) is 11.7 Å². The first-order valence-corrected chi connectivity index (χ1v) is 8.78. The SMILES string of the molecule is FC(F)Oc1ccccc1C1CCC(C2CCCCC2)CC1. The van der Waals surface area contributed by atoms with Gasteiger partial charge in [0.1, 0.15) is 5.75 Å². The summed E-state index contributed by atoms with van der Waals surface area (Å²) >= 11 is 0. The van der Waals surface area contributed by atoms with Gasteiger partial charge in [0.05, 0.1) is 0 Å². The Morgan fingerprint density at radius 2 is 1.45 bits per heavy atom. The number of ether oxygens (including phenoxy) is 1. The zero-order valence-electron chi connectivity index (χ0n) is 13.1. The summed E-state index contributed by atoms with van der Waals surface area (Å²) in [6.45, 7) is -2.74. The van der Waals surface area contributed by atoms with Crippen LogP contribution in [-0.2, 0) is 0 Å². The highest BCUT2D eigenvalue weighted by molar-refractivity contribution is 5.36. The van der Waals surface area contributed by atoms with Gasteiger partial charge in [0.15, 0.2) is 0 Å². The average Bonchev–Trinajstić information content (AvgIpc) is 2.56. The van der Waals surface area contributed by atoms with Crippen molar-refractivity contribution in [3.8, 4) is 5.75 Å². The standard InChI is InChI=1S/C19H26F2O/c20-19(21)22-18-9-5-4-8-17(18)16-12-10-15(11-13-16)14-6-2-1-3-7-14/h4-5,8-9,14-16,19H,1-3,6-7,10-13H2. The average molecular weight is 308 g/mol. The fraction of sp³-hybridized carbons (Fsp3) is 0.684. The molecule has 122 valence electrons. The van der Waals surface area contributed by atoms with Crippen LogP contribution in [0, 0.1) is 11.8 Å². The molecule has 1 aromatic carbocycles. The van der Waals surface area contributed by atoms with E-state index in [1.54, 1.807) is 12.1 Å². The molecular formula is C19H26F2O. The topological polar surface area (TPSA) is 9.23 Å². The second kappa shape index (κ2) is 7.43. The van der Waals surface area contributed by atoms with Gasteiger partial charge in [-0.3, -0.25) is 0 Å². The van der Waals surface area contributed by atoms with Crippen molar-refractivity contribution in [1.82, 2.24) is 0 Å². The molecule has 0 heterocycles. The van der Waals surface area contributed by atoms with Gasteiger partial charge in [-0.15, -0.1) is 0 Å². The second-order valence-electron chi connectivity index (χ2n) is 6.93. The molecule has 3 heteroatoms. The summed E-state index contributed by atoms with van der Waals surface area (Å²) in [5.74, 6) is 2.54. The molecule has 2 aliphatic carbocycles. The van der Waals surface area contributed by atoms with Gasteiger partial charge in [0, 0.05) is 0 Å². The summed E-state index contributed by atoms with van der Waals surface area (Å²) in [6, 6.07) is 7.34. The Labute approximate surface area is 132 Å². The lowest BCUT2D eigenvalue weighted by Gasteiger charge is -2.36. The first-order chi connectivity index (χ1) is 10.7. The molecule has 1 nitrogen and oxygen atoms in total. The molecule has 0 aliphatic heterocycles. The van der Waals surface area contributed by atoms with Crippen molar-refractivity contribution >= 4 is 0 Å². The van der Waals surface area contributed by atoms with Crippen molar-refractivity contribution < 1.29 is 13.5 Å². The largest absolute Gasteiger partial charge is 0.435 e. The van der Waals surface area contributed by atoms with Crippen LogP contribution in [0.5, 0.6) is 5.75 Å². The number of para-hydroxylation sites is 1. The molecule has 2 fully saturated rings. The van der Waals surface area contributed by atoms with Crippen molar-refractivity contribution in [2.45, 2.75) is 70.3 Å². The number of alkyl halides is 2. The van der Waals surface area contributed by atoms with E-state index in [9.17, 15) is 8.78 Å². The highest BCUT2D eigenvalue weighted by Crippen LogP contribution is 2.44. The zero-order valence-corrected chi connectivity index (χ0v) is 13.1. The van der Waals surface area contributed by atoms with E-state index in [0.717, 1.165) is 30.2 Å². The number of rotatable bonds is 4. The van der Waals surface area contributed by atoms with Crippen molar-refractivity contribution in [3.05, 3.63) is 29.8 Å². The normalized spacial score (nSPS) is 27.0. The molecule has 0 N–H and O–H groups in total. The van der Waals surface area contributed by atoms with Crippen LogP contribution in [0.2, 0.25) is 0 Å². The van der Waals surface area contributed by atoms with Crippen LogP contribution in [-0.4, -0.2) is 6.61 Å². The number of hydrogen-bond acceptors (Lipinski definition) is 1. The van der Waals surface area contributed by atoms with Gasteiger partial charge in [0.2, 0.25) is 0 Å². The predicted octanol–water partition coefficient (Wildman–Crippen LogP) is 6.14. The van der Waals surface area contributed by atoms with Gasteiger partial charge in [-0.05, 0) is 55.1 Å². The van der Waals surface area contributed by atoms with Gasteiger partial charge >= 0.3 is 6.61 Å². The number of hydrogen-bond donors (Lipinski definition) is 0. The molecule has 0 unspecified atom stereocenters. The van der Waals surface area contributed by atoms with Gasteiger partial charge in [-0.2, -0.15) is 8.78 Å². The quantitative estimate of drug-likeness (QED) is 0.649. The minimum Gasteiger partial charge on any atom is -0.435 e. The third-order valence-corrected chi connectivity index (χ3v) is 5.66. The van der Waals surface area contributed by atoms with E-state index < -0.39 is 6.61 Å².